The topological polar surface area (TPSA) is 41.6 Å². The third-order valence-corrected chi connectivity index (χ3v) is 5.43. The van der Waals surface area contributed by atoms with Crippen LogP contribution in [0.25, 0.3) is 0 Å². The average molecular weight is 413 g/mol. The fourth-order valence-electron chi connectivity index (χ4n) is 3.92. The van der Waals surface area contributed by atoms with Crippen LogP contribution in [0.15, 0.2) is 48.5 Å². The van der Waals surface area contributed by atoms with Gasteiger partial charge in [-0.05, 0) is 81.5 Å². The molecule has 0 aliphatic carbocycles. The summed E-state index contributed by atoms with van der Waals surface area (Å²) in [4.78, 5) is 14.9. The summed E-state index contributed by atoms with van der Waals surface area (Å²) in [6, 6.07) is 14.8. The number of ether oxygens (including phenoxy) is 1. The number of hydrogen-bond donors (Lipinski definition) is 1. The molecule has 0 radical (unpaired) electrons. The molecule has 1 amide bonds. The van der Waals surface area contributed by atoms with Gasteiger partial charge in [0.1, 0.15) is 11.6 Å². The van der Waals surface area contributed by atoms with E-state index in [9.17, 15) is 9.18 Å². The normalized spacial score (nSPS) is 17.1. The molecule has 3 rings (SSSR count). The number of aryl methyl sites for hydroxylation is 1. The van der Waals surface area contributed by atoms with Crippen molar-refractivity contribution in [3.8, 4) is 5.75 Å². The van der Waals surface area contributed by atoms with E-state index in [0.29, 0.717) is 6.54 Å². The Labute approximate surface area is 179 Å². The number of carbonyl (C=O) groups is 1. The Morgan fingerprint density at radius 1 is 1.13 bits per heavy atom. The molecule has 2 aromatic carbocycles. The molecule has 1 fully saturated rings. The highest BCUT2D eigenvalue weighted by Crippen LogP contribution is 2.19. The fraction of sp³-hybridized carbons (Fsp3) is 0.480. The van der Waals surface area contributed by atoms with E-state index in [0.717, 1.165) is 56.6 Å². The van der Waals surface area contributed by atoms with Crippen LogP contribution in [-0.4, -0.2) is 36.5 Å². The van der Waals surface area contributed by atoms with Crippen molar-refractivity contribution in [2.75, 3.05) is 19.6 Å². The summed E-state index contributed by atoms with van der Waals surface area (Å²) in [5, 5.41) is 3.11. The molecule has 1 saturated heterocycles. The van der Waals surface area contributed by atoms with Crippen molar-refractivity contribution in [2.45, 2.75) is 52.2 Å². The van der Waals surface area contributed by atoms with Gasteiger partial charge in [-0.25, -0.2) is 4.39 Å². The number of halogens is 1. The Morgan fingerprint density at radius 2 is 1.83 bits per heavy atom. The minimum Gasteiger partial charge on any atom is -0.491 e. The predicted molar refractivity (Wildman–Crippen MR) is 118 cm³/mol. The minimum atomic E-state index is -0.213. The number of likely N-dealkylation sites (tertiary alicyclic amines) is 1. The number of nitrogens with zero attached hydrogens (tertiary/aromatic N) is 1. The SMILES string of the molecule is CC(C)Oc1ccc(CCCNC(=O)C2CCCN(Cc3ccc(F)cc3)C2)cc1. The maximum absolute atomic E-state index is 13.1. The number of benzene rings is 2. The Morgan fingerprint density at radius 3 is 2.53 bits per heavy atom. The van der Waals surface area contributed by atoms with E-state index in [1.165, 1.54) is 17.7 Å². The Bertz CT molecular complexity index is 790. The van der Waals surface area contributed by atoms with Gasteiger partial charge in [-0.2, -0.15) is 0 Å². The van der Waals surface area contributed by atoms with Crippen LogP contribution in [0.2, 0.25) is 0 Å². The van der Waals surface area contributed by atoms with E-state index < -0.39 is 0 Å². The standard InChI is InChI=1S/C25H33FN2O2/c1-19(2)30-24-13-9-20(10-14-24)5-3-15-27-25(29)22-6-4-16-28(18-22)17-21-7-11-23(26)12-8-21/h7-14,19,22H,3-6,15-18H2,1-2H3,(H,27,29). The smallest absolute Gasteiger partial charge is 0.224 e. The van der Waals surface area contributed by atoms with E-state index in [-0.39, 0.29) is 23.7 Å². The van der Waals surface area contributed by atoms with Crippen molar-refractivity contribution in [2.24, 2.45) is 5.92 Å². The second-order valence-electron chi connectivity index (χ2n) is 8.41. The van der Waals surface area contributed by atoms with Crippen LogP contribution >= 0.6 is 0 Å². The first-order valence-electron chi connectivity index (χ1n) is 11.0. The van der Waals surface area contributed by atoms with Crippen molar-refractivity contribution in [3.05, 3.63) is 65.5 Å². The van der Waals surface area contributed by atoms with Gasteiger partial charge in [-0.1, -0.05) is 24.3 Å². The van der Waals surface area contributed by atoms with Gasteiger partial charge in [0.2, 0.25) is 5.91 Å². The number of rotatable bonds is 9. The van der Waals surface area contributed by atoms with Gasteiger partial charge in [0.05, 0.1) is 12.0 Å². The van der Waals surface area contributed by atoms with E-state index in [1.54, 1.807) is 0 Å². The van der Waals surface area contributed by atoms with Gasteiger partial charge in [-0.15, -0.1) is 0 Å². The van der Waals surface area contributed by atoms with Crippen molar-refractivity contribution in [1.82, 2.24) is 10.2 Å². The zero-order valence-corrected chi connectivity index (χ0v) is 18.1. The lowest BCUT2D eigenvalue weighted by Crippen LogP contribution is -2.42. The summed E-state index contributed by atoms with van der Waals surface area (Å²) in [5.41, 5.74) is 2.34. The molecule has 0 aromatic heterocycles. The fourth-order valence-corrected chi connectivity index (χ4v) is 3.92. The van der Waals surface area contributed by atoms with Gasteiger partial charge >= 0.3 is 0 Å². The molecule has 30 heavy (non-hydrogen) atoms. The van der Waals surface area contributed by atoms with Crippen molar-refractivity contribution in [3.63, 3.8) is 0 Å². The average Bonchev–Trinajstić information content (AvgIpc) is 2.74. The lowest BCUT2D eigenvalue weighted by molar-refractivity contribution is -0.126. The summed E-state index contributed by atoms with van der Waals surface area (Å²) in [5.74, 6) is 0.866. The molecular formula is C25H33FN2O2. The number of carbonyl (C=O) groups excluding carboxylic acids is 1. The zero-order valence-electron chi connectivity index (χ0n) is 18.1. The van der Waals surface area contributed by atoms with Gasteiger partial charge in [0.15, 0.2) is 0 Å². The van der Waals surface area contributed by atoms with Gasteiger partial charge in [0.25, 0.3) is 0 Å². The van der Waals surface area contributed by atoms with Crippen LogP contribution in [0.1, 0.15) is 44.2 Å². The molecule has 0 bridgehead atoms. The maximum atomic E-state index is 13.1. The van der Waals surface area contributed by atoms with Gasteiger partial charge < -0.3 is 10.1 Å². The molecule has 1 aliphatic heterocycles. The first-order valence-corrected chi connectivity index (χ1v) is 11.0. The molecule has 4 nitrogen and oxygen atoms in total. The molecule has 1 heterocycles. The lowest BCUT2D eigenvalue weighted by Gasteiger charge is -2.32. The van der Waals surface area contributed by atoms with Crippen molar-refractivity contribution >= 4 is 5.91 Å². The van der Waals surface area contributed by atoms with E-state index >= 15 is 0 Å². The summed E-state index contributed by atoms with van der Waals surface area (Å²) in [6.07, 6.45) is 3.98. The summed E-state index contributed by atoms with van der Waals surface area (Å²) in [6.45, 7) is 7.24. The number of nitrogens with one attached hydrogen (secondary N) is 1. The second-order valence-corrected chi connectivity index (χ2v) is 8.41. The molecular weight excluding hydrogens is 379 g/mol. The quantitative estimate of drug-likeness (QED) is 0.613. The number of hydrogen-bond acceptors (Lipinski definition) is 3. The predicted octanol–water partition coefficient (Wildman–Crippen LogP) is 4.57. The minimum absolute atomic E-state index is 0.0339. The van der Waals surface area contributed by atoms with Crippen LogP contribution in [0.5, 0.6) is 5.75 Å². The van der Waals surface area contributed by atoms with Crippen LogP contribution < -0.4 is 10.1 Å². The first kappa shape index (κ1) is 22.3. The third-order valence-electron chi connectivity index (χ3n) is 5.43. The molecule has 1 N–H and O–H groups in total. The second kappa shape index (κ2) is 11.1. The molecule has 1 atom stereocenters. The molecule has 1 unspecified atom stereocenters. The molecule has 162 valence electrons. The molecule has 5 heteroatoms. The molecule has 2 aromatic rings. The molecule has 0 saturated carbocycles. The molecule has 1 aliphatic rings. The van der Waals surface area contributed by atoms with Crippen molar-refractivity contribution < 1.29 is 13.9 Å². The van der Waals surface area contributed by atoms with Crippen LogP contribution in [-0.2, 0) is 17.8 Å². The first-order chi connectivity index (χ1) is 14.5. The Balaban J connectivity index is 1.37. The monoisotopic (exact) mass is 412 g/mol. The van der Waals surface area contributed by atoms with Gasteiger partial charge in [-0.3, -0.25) is 9.69 Å². The maximum Gasteiger partial charge on any atom is 0.224 e. The summed E-state index contributed by atoms with van der Waals surface area (Å²) in [7, 11) is 0. The Hall–Kier alpha value is -2.40. The lowest BCUT2D eigenvalue weighted by atomic mass is 9.96. The van der Waals surface area contributed by atoms with Crippen molar-refractivity contribution in [1.29, 1.82) is 0 Å². The third kappa shape index (κ3) is 7.13. The van der Waals surface area contributed by atoms with Gasteiger partial charge in [0, 0.05) is 19.6 Å². The van der Waals surface area contributed by atoms with E-state index in [2.05, 4.69) is 22.3 Å². The zero-order chi connectivity index (χ0) is 21.3. The Kier molecular flexibility index (Phi) is 8.26. The van der Waals surface area contributed by atoms with Crippen LogP contribution in [0, 0.1) is 11.7 Å². The molecule has 0 spiro atoms. The largest absolute Gasteiger partial charge is 0.491 e. The number of piperidine rings is 1. The highest BCUT2D eigenvalue weighted by atomic mass is 19.1. The highest BCUT2D eigenvalue weighted by Gasteiger charge is 2.25. The highest BCUT2D eigenvalue weighted by molar-refractivity contribution is 5.78. The van der Waals surface area contributed by atoms with E-state index in [1.807, 2.05) is 38.1 Å². The number of amides is 1. The van der Waals surface area contributed by atoms with Crippen LogP contribution in [0.3, 0.4) is 0 Å². The van der Waals surface area contributed by atoms with E-state index in [4.69, 9.17) is 4.74 Å². The summed E-state index contributed by atoms with van der Waals surface area (Å²) < 4.78 is 18.7. The summed E-state index contributed by atoms with van der Waals surface area (Å²) >= 11 is 0. The van der Waals surface area contributed by atoms with Crippen LogP contribution in [0.4, 0.5) is 4.39 Å².